The van der Waals surface area contributed by atoms with Crippen LogP contribution in [0.3, 0.4) is 0 Å². The first-order chi connectivity index (χ1) is 14.4. The van der Waals surface area contributed by atoms with E-state index in [4.69, 9.17) is 4.98 Å². The molecule has 0 radical (unpaired) electrons. The molecule has 1 N–H and O–H groups in total. The number of rotatable bonds is 4. The SMILES string of the molecule is CCN1CCc2nc3ccccc3c(C(=O)Nc3nc(C)c(C(=O)N(C)C)s3)c2C1. The molecular formula is C22H25N5O2S. The summed E-state index contributed by atoms with van der Waals surface area (Å²) in [4.78, 5) is 39.4. The third kappa shape index (κ3) is 3.68. The highest BCUT2D eigenvalue weighted by Crippen LogP contribution is 2.30. The fourth-order valence-electron chi connectivity index (χ4n) is 3.79. The maximum Gasteiger partial charge on any atom is 0.265 e. The summed E-state index contributed by atoms with van der Waals surface area (Å²) < 4.78 is 0. The van der Waals surface area contributed by atoms with Gasteiger partial charge in [-0.05, 0) is 19.5 Å². The molecule has 0 saturated heterocycles. The summed E-state index contributed by atoms with van der Waals surface area (Å²) in [7, 11) is 3.41. The van der Waals surface area contributed by atoms with Gasteiger partial charge >= 0.3 is 0 Å². The largest absolute Gasteiger partial charge is 0.344 e. The zero-order valence-electron chi connectivity index (χ0n) is 17.7. The van der Waals surface area contributed by atoms with Crippen LogP contribution in [0.25, 0.3) is 10.9 Å². The van der Waals surface area contributed by atoms with Crippen LogP contribution in [0.4, 0.5) is 5.13 Å². The maximum atomic E-state index is 13.4. The highest BCUT2D eigenvalue weighted by molar-refractivity contribution is 7.17. The quantitative estimate of drug-likeness (QED) is 0.696. The van der Waals surface area contributed by atoms with Crippen molar-refractivity contribution in [3.05, 3.63) is 51.7 Å². The normalized spacial score (nSPS) is 13.9. The van der Waals surface area contributed by atoms with Gasteiger partial charge in [-0.2, -0.15) is 0 Å². The molecule has 3 heterocycles. The van der Waals surface area contributed by atoms with Crippen molar-refractivity contribution in [3.8, 4) is 0 Å². The van der Waals surface area contributed by atoms with E-state index in [1.165, 1.54) is 16.2 Å². The van der Waals surface area contributed by atoms with Gasteiger partial charge in [0.05, 0.1) is 16.8 Å². The number of benzene rings is 1. The molecule has 1 aliphatic rings. The van der Waals surface area contributed by atoms with Crippen LogP contribution < -0.4 is 5.32 Å². The van der Waals surface area contributed by atoms with Crippen LogP contribution >= 0.6 is 11.3 Å². The van der Waals surface area contributed by atoms with Gasteiger partial charge < -0.3 is 4.90 Å². The fraction of sp³-hybridized carbons (Fsp3) is 0.364. The molecule has 30 heavy (non-hydrogen) atoms. The standard InChI is InChI=1S/C22H25N5O2S/c1-5-27-11-10-17-15(12-27)18(14-8-6-7-9-16(14)24-17)20(28)25-22-23-13(2)19(30-22)21(29)26(3)4/h6-9H,5,10-12H2,1-4H3,(H,23,25,28). The average Bonchev–Trinajstić information content (AvgIpc) is 3.10. The second kappa shape index (κ2) is 8.12. The van der Waals surface area contributed by atoms with Gasteiger partial charge in [0.1, 0.15) is 4.88 Å². The Hall–Kier alpha value is -2.84. The topological polar surface area (TPSA) is 78.4 Å². The third-order valence-corrected chi connectivity index (χ3v) is 6.48. The lowest BCUT2D eigenvalue weighted by Crippen LogP contribution is -2.33. The number of aryl methyl sites for hydroxylation is 1. The molecule has 2 aromatic heterocycles. The van der Waals surface area contributed by atoms with Crippen LogP contribution in [0, 0.1) is 6.92 Å². The number of thiazole rings is 1. The lowest BCUT2D eigenvalue weighted by atomic mass is 9.95. The zero-order valence-corrected chi connectivity index (χ0v) is 18.5. The van der Waals surface area contributed by atoms with Gasteiger partial charge in [0.15, 0.2) is 5.13 Å². The molecule has 7 nitrogen and oxygen atoms in total. The number of nitrogens with one attached hydrogen (secondary N) is 1. The highest BCUT2D eigenvalue weighted by Gasteiger charge is 2.26. The van der Waals surface area contributed by atoms with E-state index in [1.54, 1.807) is 21.0 Å². The van der Waals surface area contributed by atoms with Crippen molar-refractivity contribution in [1.29, 1.82) is 0 Å². The molecule has 0 fully saturated rings. The summed E-state index contributed by atoms with van der Waals surface area (Å²) in [6.07, 6.45) is 0.826. The summed E-state index contributed by atoms with van der Waals surface area (Å²) >= 11 is 1.21. The molecule has 0 bridgehead atoms. The monoisotopic (exact) mass is 423 g/mol. The Labute approximate surface area is 179 Å². The second-order valence-electron chi connectivity index (χ2n) is 7.64. The first-order valence-corrected chi connectivity index (χ1v) is 10.8. The molecule has 2 amide bonds. The molecule has 0 unspecified atom stereocenters. The molecule has 4 rings (SSSR count). The van der Waals surface area contributed by atoms with E-state index < -0.39 is 0 Å². The summed E-state index contributed by atoms with van der Waals surface area (Å²) in [5.74, 6) is -0.323. The second-order valence-corrected chi connectivity index (χ2v) is 8.63. The number of para-hydroxylation sites is 1. The Morgan fingerprint density at radius 2 is 2.00 bits per heavy atom. The van der Waals surface area contributed by atoms with Crippen LogP contribution in [-0.4, -0.2) is 58.8 Å². The number of nitrogens with zero attached hydrogens (tertiary/aromatic N) is 4. The molecule has 156 valence electrons. The van der Waals surface area contributed by atoms with Crippen molar-refractivity contribution in [2.24, 2.45) is 0 Å². The molecule has 3 aromatic rings. The van der Waals surface area contributed by atoms with Crippen molar-refractivity contribution in [2.75, 3.05) is 32.5 Å². The molecule has 1 aromatic carbocycles. The van der Waals surface area contributed by atoms with E-state index in [9.17, 15) is 9.59 Å². The summed E-state index contributed by atoms with van der Waals surface area (Å²) in [5, 5.41) is 4.21. The van der Waals surface area contributed by atoms with E-state index in [-0.39, 0.29) is 11.8 Å². The minimum absolute atomic E-state index is 0.115. The molecular weight excluding hydrogens is 398 g/mol. The van der Waals surface area contributed by atoms with Crippen LogP contribution in [0.5, 0.6) is 0 Å². The molecule has 0 aliphatic carbocycles. The van der Waals surface area contributed by atoms with Crippen molar-refractivity contribution < 1.29 is 9.59 Å². The Morgan fingerprint density at radius 1 is 1.23 bits per heavy atom. The van der Waals surface area contributed by atoms with Crippen molar-refractivity contribution in [1.82, 2.24) is 19.8 Å². The minimum Gasteiger partial charge on any atom is -0.344 e. The Morgan fingerprint density at radius 3 is 2.73 bits per heavy atom. The van der Waals surface area contributed by atoms with E-state index in [1.807, 2.05) is 24.3 Å². The van der Waals surface area contributed by atoms with Crippen LogP contribution in [0.2, 0.25) is 0 Å². The number of likely N-dealkylation sites (N-methyl/N-ethyl adjacent to an activating group) is 1. The number of aromatic nitrogens is 2. The number of carbonyl (C=O) groups is 2. The number of hydrogen-bond acceptors (Lipinski definition) is 6. The fourth-order valence-corrected chi connectivity index (χ4v) is 4.77. The molecule has 8 heteroatoms. The van der Waals surface area contributed by atoms with E-state index >= 15 is 0 Å². The predicted octanol–water partition coefficient (Wildman–Crippen LogP) is 3.33. The average molecular weight is 424 g/mol. The number of anilines is 1. The van der Waals surface area contributed by atoms with E-state index in [0.29, 0.717) is 27.8 Å². The number of pyridine rings is 1. The van der Waals surface area contributed by atoms with Crippen molar-refractivity contribution in [3.63, 3.8) is 0 Å². The predicted molar refractivity (Wildman–Crippen MR) is 119 cm³/mol. The summed E-state index contributed by atoms with van der Waals surface area (Å²) in [6.45, 7) is 6.48. The smallest absolute Gasteiger partial charge is 0.265 e. The minimum atomic E-state index is -0.208. The van der Waals surface area contributed by atoms with E-state index in [0.717, 1.165) is 41.7 Å². The maximum absolute atomic E-state index is 13.4. The van der Waals surface area contributed by atoms with Crippen molar-refractivity contribution >= 4 is 39.2 Å². The number of amides is 2. The van der Waals surface area contributed by atoms with Gasteiger partial charge in [0, 0.05) is 50.2 Å². The van der Waals surface area contributed by atoms with Gasteiger partial charge in [-0.15, -0.1) is 0 Å². The Bertz CT molecular complexity index is 1140. The zero-order chi connectivity index (χ0) is 21.4. The number of carbonyl (C=O) groups excluding carboxylic acids is 2. The van der Waals surface area contributed by atoms with Gasteiger partial charge in [-0.3, -0.25) is 24.8 Å². The summed E-state index contributed by atoms with van der Waals surface area (Å²) in [6, 6.07) is 7.75. The first-order valence-electron chi connectivity index (χ1n) is 10.0. The third-order valence-electron chi connectivity index (χ3n) is 5.42. The first kappa shape index (κ1) is 20.4. The molecule has 0 atom stereocenters. The van der Waals surface area contributed by atoms with Gasteiger partial charge in [0.2, 0.25) is 0 Å². The van der Waals surface area contributed by atoms with Crippen molar-refractivity contribution in [2.45, 2.75) is 26.8 Å². The molecule has 0 saturated carbocycles. The van der Waals surface area contributed by atoms with Gasteiger partial charge in [0.25, 0.3) is 11.8 Å². The Balaban J connectivity index is 1.75. The van der Waals surface area contributed by atoms with Crippen LogP contribution in [-0.2, 0) is 13.0 Å². The number of fused-ring (bicyclic) bond motifs is 2. The number of hydrogen-bond donors (Lipinski definition) is 1. The van der Waals surface area contributed by atoms with Crippen LogP contribution in [0.15, 0.2) is 24.3 Å². The molecule has 1 aliphatic heterocycles. The molecule has 0 spiro atoms. The van der Waals surface area contributed by atoms with E-state index in [2.05, 4.69) is 22.1 Å². The van der Waals surface area contributed by atoms with Crippen LogP contribution in [0.1, 0.15) is 43.9 Å². The Kier molecular flexibility index (Phi) is 5.53. The lowest BCUT2D eigenvalue weighted by Gasteiger charge is -2.29. The lowest BCUT2D eigenvalue weighted by molar-refractivity contribution is 0.0831. The van der Waals surface area contributed by atoms with Gasteiger partial charge in [-0.25, -0.2) is 4.98 Å². The summed E-state index contributed by atoms with van der Waals surface area (Å²) in [5.41, 5.74) is 4.07. The van der Waals surface area contributed by atoms with Gasteiger partial charge in [-0.1, -0.05) is 36.5 Å². The highest BCUT2D eigenvalue weighted by atomic mass is 32.1.